The molecule has 2 aliphatic heterocycles. The zero-order valence-corrected chi connectivity index (χ0v) is 11.0. The van der Waals surface area contributed by atoms with Gasteiger partial charge in [0, 0.05) is 32.3 Å². The number of likely N-dealkylation sites (tertiary alicyclic amines) is 1. The Balaban J connectivity index is 1.84. The van der Waals surface area contributed by atoms with Crippen LogP contribution in [0.4, 0.5) is 0 Å². The molecule has 0 amide bonds. The van der Waals surface area contributed by atoms with Crippen molar-refractivity contribution in [1.82, 2.24) is 15.5 Å². The first-order valence-electron chi connectivity index (χ1n) is 6.69. The first kappa shape index (κ1) is 13.5. The van der Waals surface area contributed by atoms with E-state index in [4.69, 9.17) is 5.11 Å². The van der Waals surface area contributed by atoms with Gasteiger partial charge in [-0.1, -0.05) is 0 Å². The molecule has 6 heteroatoms. The van der Waals surface area contributed by atoms with Crippen LogP contribution >= 0.6 is 0 Å². The summed E-state index contributed by atoms with van der Waals surface area (Å²) in [6.07, 6.45) is 4.09. The number of aliphatic hydroxyl groups excluding tert-OH is 1. The fraction of sp³-hybridized carbons (Fsp3) is 0.833. The monoisotopic (exact) mass is 253 g/mol. The van der Waals surface area contributed by atoms with Crippen molar-refractivity contribution in [3.05, 3.63) is 11.9 Å². The van der Waals surface area contributed by atoms with Crippen molar-refractivity contribution in [1.29, 1.82) is 0 Å². The van der Waals surface area contributed by atoms with Crippen LogP contribution in [0.3, 0.4) is 0 Å². The number of azo groups is 1. The molecule has 2 rings (SSSR count). The van der Waals surface area contributed by atoms with Crippen molar-refractivity contribution < 1.29 is 5.11 Å². The molecule has 0 radical (unpaired) electrons. The predicted octanol–water partition coefficient (Wildman–Crippen LogP) is -0.0721. The van der Waals surface area contributed by atoms with Gasteiger partial charge in [-0.2, -0.15) is 5.11 Å². The topological polar surface area (TPSA) is 72.2 Å². The molecule has 0 saturated carbocycles. The Hall–Kier alpha value is -0.980. The molecule has 2 heterocycles. The lowest BCUT2D eigenvalue weighted by Gasteiger charge is -2.26. The second kappa shape index (κ2) is 6.82. The number of hydrogen-bond acceptors (Lipinski definition) is 6. The van der Waals surface area contributed by atoms with Crippen LogP contribution in [0.2, 0.25) is 0 Å². The summed E-state index contributed by atoms with van der Waals surface area (Å²) in [7, 11) is 2.02. The zero-order valence-electron chi connectivity index (χ0n) is 11.0. The average Bonchev–Trinajstić information content (AvgIpc) is 2.88. The third kappa shape index (κ3) is 3.51. The van der Waals surface area contributed by atoms with E-state index in [1.54, 1.807) is 0 Å². The standard InChI is InChI=1S/C12H23N5O/c1-13-10-3-5-17(9-10)11-7-12(16-15-8-11)14-4-2-6-18/h7,10-11,13-14,18H,2-6,8-9H2,1H3/t10-,11?/m1/s1. The van der Waals surface area contributed by atoms with Crippen molar-refractivity contribution in [2.75, 3.05) is 39.8 Å². The van der Waals surface area contributed by atoms with E-state index in [0.29, 0.717) is 12.1 Å². The van der Waals surface area contributed by atoms with Crippen LogP contribution in [0, 0.1) is 0 Å². The van der Waals surface area contributed by atoms with E-state index in [2.05, 4.69) is 31.8 Å². The van der Waals surface area contributed by atoms with E-state index in [1.165, 1.54) is 6.42 Å². The van der Waals surface area contributed by atoms with Crippen molar-refractivity contribution in [2.24, 2.45) is 10.2 Å². The Kier molecular flexibility index (Phi) is 5.10. The number of aliphatic hydroxyl groups is 1. The molecule has 1 saturated heterocycles. The maximum Gasteiger partial charge on any atom is 0.145 e. The molecule has 102 valence electrons. The summed E-state index contributed by atoms with van der Waals surface area (Å²) in [5.41, 5.74) is 0. The number of hydrogen-bond donors (Lipinski definition) is 3. The molecule has 3 N–H and O–H groups in total. The lowest BCUT2D eigenvalue weighted by Crippen LogP contribution is -2.38. The Morgan fingerprint density at radius 2 is 2.44 bits per heavy atom. The zero-order chi connectivity index (χ0) is 12.8. The Labute approximate surface area is 108 Å². The van der Waals surface area contributed by atoms with E-state index in [-0.39, 0.29) is 6.61 Å². The molecule has 0 bridgehead atoms. The van der Waals surface area contributed by atoms with Crippen LogP contribution in [0.25, 0.3) is 0 Å². The van der Waals surface area contributed by atoms with Crippen LogP contribution in [-0.4, -0.2) is 61.9 Å². The van der Waals surface area contributed by atoms with Gasteiger partial charge in [0.2, 0.25) is 0 Å². The van der Waals surface area contributed by atoms with Crippen LogP contribution < -0.4 is 10.6 Å². The van der Waals surface area contributed by atoms with Crippen molar-refractivity contribution in [2.45, 2.75) is 24.9 Å². The fourth-order valence-corrected chi connectivity index (χ4v) is 2.40. The molecule has 18 heavy (non-hydrogen) atoms. The highest BCUT2D eigenvalue weighted by molar-refractivity contribution is 5.08. The summed E-state index contributed by atoms with van der Waals surface area (Å²) in [6, 6.07) is 0.959. The normalized spacial score (nSPS) is 28.4. The third-order valence-corrected chi connectivity index (χ3v) is 3.54. The largest absolute Gasteiger partial charge is 0.396 e. The molecule has 1 fully saturated rings. The van der Waals surface area contributed by atoms with Gasteiger partial charge >= 0.3 is 0 Å². The van der Waals surface area contributed by atoms with Crippen molar-refractivity contribution in [3.63, 3.8) is 0 Å². The van der Waals surface area contributed by atoms with Gasteiger partial charge in [0.05, 0.1) is 12.6 Å². The quantitative estimate of drug-likeness (QED) is 0.579. The predicted molar refractivity (Wildman–Crippen MR) is 70.3 cm³/mol. The summed E-state index contributed by atoms with van der Waals surface area (Å²) in [6.45, 7) is 3.90. The minimum atomic E-state index is 0.205. The molecule has 0 aromatic carbocycles. The average molecular weight is 253 g/mol. The summed E-state index contributed by atoms with van der Waals surface area (Å²) < 4.78 is 0. The van der Waals surface area contributed by atoms with Crippen LogP contribution in [0.15, 0.2) is 22.1 Å². The molecule has 1 unspecified atom stereocenters. The van der Waals surface area contributed by atoms with Crippen LogP contribution in [-0.2, 0) is 0 Å². The smallest absolute Gasteiger partial charge is 0.145 e. The highest BCUT2D eigenvalue weighted by Crippen LogP contribution is 2.17. The van der Waals surface area contributed by atoms with Gasteiger partial charge in [-0.25, -0.2) is 0 Å². The summed E-state index contributed by atoms with van der Waals surface area (Å²) in [4.78, 5) is 2.45. The molecule has 6 nitrogen and oxygen atoms in total. The molecule has 0 aromatic rings. The summed E-state index contributed by atoms with van der Waals surface area (Å²) in [5.74, 6) is 0.840. The van der Waals surface area contributed by atoms with Gasteiger partial charge in [0.1, 0.15) is 5.82 Å². The molecule has 2 atom stereocenters. The number of likely N-dealkylation sites (N-methyl/N-ethyl adjacent to an activating group) is 1. The molecule has 2 aliphatic rings. The third-order valence-electron chi connectivity index (χ3n) is 3.54. The number of nitrogens with zero attached hydrogens (tertiary/aromatic N) is 3. The fourth-order valence-electron chi connectivity index (χ4n) is 2.40. The maximum atomic E-state index is 8.75. The molecular weight excluding hydrogens is 230 g/mol. The van der Waals surface area contributed by atoms with Crippen molar-refractivity contribution in [3.8, 4) is 0 Å². The van der Waals surface area contributed by atoms with Gasteiger partial charge in [-0.05, 0) is 26.0 Å². The van der Waals surface area contributed by atoms with Crippen molar-refractivity contribution >= 4 is 0 Å². The number of rotatable bonds is 6. The van der Waals surface area contributed by atoms with Crippen LogP contribution in [0.5, 0.6) is 0 Å². The molecule has 0 aliphatic carbocycles. The van der Waals surface area contributed by atoms with E-state index in [9.17, 15) is 0 Å². The number of nitrogens with one attached hydrogen (secondary N) is 2. The minimum absolute atomic E-state index is 0.205. The Morgan fingerprint density at radius 1 is 1.56 bits per heavy atom. The van der Waals surface area contributed by atoms with Gasteiger partial charge < -0.3 is 15.7 Å². The molecule has 0 aromatic heterocycles. The second-order valence-corrected chi connectivity index (χ2v) is 4.82. The SMILES string of the molecule is CN[C@@H]1CCN(C2C=C(NCCCO)N=NC2)C1. The molecular formula is C12H23N5O. The van der Waals surface area contributed by atoms with Gasteiger partial charge in [0.25, 0.3) is 0 Å². The van der Waals surface area contributed by atoms with E-state index < -0.39 is 0 Å². The highest BCUT2D eigenvalue weighted by atomic mass is 16.3. The first-order valence-corrected chi connectivity index (χ1v) is 6.69. The second-order valence-electron chi connectivity index (χ2n) is 4.82. The Bertz CT molecular complexity index is 318. The Morgan fingerprint density at radius 3 is 3.17 bits per heavy atom. The summed E-state index contributed by atoms with van der Waals surface area (Å²) >= 11 is 0. The highest BCUT2D eigenvalue weighted by Gasteiger charge is 2.27. The minimum Gasteiger partial charge on any atom is -0.396 e. The maximum absolute atomic E-state index is 8.75. The van der Waals surface area contributed by atoms with E-state index in [0.717, 1.165) is 38.4 Å². The van der Waals surface area contributed by atoms with Gasteiger partial charge in [0.15, 0.2) is 0 Å². The first-order chi connectivity index (χ1) is 8.83. The lowest BCUT2D eigenvalue weighted by molar-refractivity contribution is 0.273. The van der Waals surface area contributed by atoms with Crippen LogP contribution in [0.1, 0.15) is 12.8 Å². The molecule has 0 spiro atoms. The van der Waals surface area contributed by atoms with E-state index >= 15 is 0 Å². The lowest BCUT2D eigenvalue weighted by atomic mass is 10.2. The summed E-state index contributed by atoms with van der Waals surface area (Å²) in [5, 5.41) is 23.6. The van der Waals surface area contributed by atoms with Gasteiger partial charge in [-0.15, -0.1) is 5.11 Å². The van der Waals surface area contributed by atoms with E-state index in [1.807, 2.05) is 7.05 Å². The van der Waals surface area contributed by atoms with Gasteiger partial charge in [-0.3, -0.25) is 4.90 Å².